The molecule has 0 heterocycles. The van der Waals surface area contributed by atoms with Gasteiger partial charge in [-0.3, -0.25) is 4.79 Å². The zero-order valence-electron chi connectivity index (χ0n) is 19.0. The minimum absolute atomic E-state index is 0.0000260. The standard InChI is InChI=1S/C23H38N2O3/c1-9-24(10-2)20(26)18-14-13-15-19(16-18)23(8,17-22(5,6)7)28-21(27)25(11-3)12-4/h13-16H,9-12,17H2,1-8H3. The number of amides is 2. The number of ether oxygens (including phenoxy) is 1. The number of hydrogen-bond acceptors (Lipinski definition) is 3. The summed E-state index contributed by atoms with van der Waals surface area (Å²) in [5.41, 5.74) is 0.593. The monoisotopic (exact) mass is 390 g/mol. The summed E-state index contributed by atoms with van der Waals surface area (Å²) < 4.78 is 6.05. The van der Waals surface area contributed by atoms with Crippen molar-refractivity contribution in [1.82, 2.24) is 9.80 Å². The zero-order valence-corrected chi connectivity index (χ0v) is 19.0. The predicted octanol–water partition coefficient (Wildman–Crippen LogP) is 5.30. The average Bonchev–Trinajstić information content (AvgIpc) is 2.62. The van der Waals surface area contributed by atoms with Crippen molar-refractivity contribution in [3.05, 3.63) is 35.4 Å². The molecule has 0 aliphatic carbocycles. The second-order valence-corrected chi connectivity index (χ2v) is 8.57. The molecule has 0 aliphatic rings. The molecule has 0 saturated heterocycles. The summed E-state index contributed by atoms with van der Waals surface area (Å²) in [5, 5.41) is 0. The molecule has 0 radical (unpaired) electrons. The fourth-order valence-corrected chi connectivity index (χ4v) is 3.62. The average molecular weight is 391 g/mol. The molecule has 1 aromatic carbocycles. The molecule has 1 rings (SSSR count). The van der Waals surface area contributed by atoms with Crippen molar-refractivity contribution >= 4 is 12.0 Å². The van der Waals surface area contributed by atoms with Crippen LogP contribution in [0.3, 0.4) is 0 Å². The zero-order chi connectivity index (χ0) is 21.5. The predicted molar refractivity (Wildman–Crippen MR) is 115 cm³/mol. The molecule has 0 fully saturated rings. The van der Waals surface area contributed by atoms with E-state index in [4.69, 9.17) is 4.74 Å². The summed E-state index contributed by atoms with van der Waals surface area (Å²) in [6, 6.07) is 7.52. The van der Waals surface area contributed by atoms with Crippen LogP contribution in [-0.4, -0.2) is 48.0 Å². The Morgan fingerprint density at radius 3 is 1.89 bits per heavy atom. The van der Waals surface area contributed by atoms with Gasteiger partial charge in [-0.2, -0.15) is 0 Å². The molecule has 1 unspecified atom stereocenters. The summed E-state index contributed by atoms with van der Waals surface area (Å²) in [6.45, 7) is 18.7. The van der Waals surface area contributed by atoms with Crippen molar-refractivity contribution in [2.24, 2.45) is 5.41 Å². The van der Waals surface area contributed by atoms with Gasteiger partial charge < -0.3 is 14.5 Å². The first-order chi connectivity index (χ1) is 13.0. The number of rotatable bonds is 8. The summed E-state index contributed by atoms with van der Waals surface area (Å²) >= 11 is 0. The van der Waals surface area contributed by atoms with E-state index in [1.807, 2.05) is 58.9 Å². The van der Waals surface area contributed by atoms with Crippen LogP contribution in [0.1, 0.15) is 77.7 Å². The molecule has 1 atom stereocenters. The molecular formula is C23H38N2O3. The van der Waals surface area contributed by atoms with E-state index >= 15 is 0 Å². The SMILES string of the molecule is CCN(CC)C(=O)OC(C)(CC(C)(C)C)c1cccc(C(=O)N(CC)CC)c1. The van der Waals surface area contributed by atoms with E-state index in [0.29, 0.717) is 38.2 Å². The van der Waals surface area contributed by atoms with Gasteiger partial charge in [0.15, 0.2) is 0 Å². The van der Waals surface area contributed by atoms with Crippen LogP contribution < -0.4 is 0 Å². The molecule has 0 N–H and O–H groups in total. The quantitative estimate of drug-likeness (QED) is 0.605. The van der Waals surface area contributed by atoms with E-state index in [1.165, 1.54) is 0 Å². The van der Waals surface area contributed by atoms with Crippen molar-refractivity contribution < 1.29 is 14.3 Å². The Morgan fingerprint density at radius 1 is 0.893 bits per heavy atom. The highest BCUT2D eigenvalue weighted by Gasteiger charge is 2.37. The third-order valence-corrected chi connectivity index (χ3v) is 4.97. The first-order valence-corrected chi connectivity index (χ1v) is 10.4. The number of carbonyl (C=O) groups excluding carboxylic acids is 2. The minimum Gasteiger partial charge on any atom is -0.438 e. The van der Waals surface area contributed by atoms with Gasteiger partial charge in [-0.1, -0.05) is 32.9 Å². The molecule has 5 nitrogen and oxygen atoms in total. The topological polar surface area (TPSA) is 49.9 Å². The van der Waals surface area contributed by atoms with Gasteiger partial charge in [-0.25, -0.2) is 4.79 Å². The largest absolute Gasteiger partial charge is 0.438 e. The van der Waals surface area contributed by atoms with Crippen LogP contribution in [0.2, 0.25) is 0 Å². The Hall–Kier alpha value is -2.04. The second kappa shape index (κ2) is 9.94. The Kier molecular flexibility index (Phi) is 8.52. The maximum absolute atomic E-state index is 12.8. The first kappa shape index (κ1) is 24.0. The molecule has 5 heteroatoms. The van der Waals surface area contributed by atoms with Gasteiger partial charge in [0.05, 0.1) is 0 Å². The first-order valence-electron chi connectivity index (χ1n) is 10.4. The van der Waals surface area contributed by atoms with Crippen molar-refractivity contribution in [2.45, 2.75) is 67.4 Å². The molecule has 2 amide bonds. The number of benzene rings is 1. The fourth-order valence-electron chi connectivity index (χ4n) is 3.62. The highest BCUT2D eigenvalue weighted by Crippen LogP contribution is 2.38. The van der Waals surface area contributed by atoms with Crippen molar-refractivity contribution in [3.8, 4) is 0 Å². The summed E-state index contributed by atoms with van der Waals surface area (Å²) in [7, 11) is 0. The Balaban J connectivity index is 3.33. The van der Waals surface area contributed by atoms with Gasteiger partial charge in [-0.05, 0) is 64.2 Å². The number of nitrogens with zero attached hydrogens (tertiary/aromatic N) is 2. The molecule has 0 bridgehead atoms. The highest BCUT2D eigenvalue weighted by molar-refractivity contribution is 5.94. The van der Waals surface area contributed by atoms with E-state index in [2.05, 4.69) is 20.8 Å². The van der Waals surface area contributed by atoms with Gasteiger partial charge in [0.1, 0.15) is 5.60 Å². The lowest BCUT2D eigenvalue weighted by atomic mass is 9.78. The highest BCUT2D eigenvalue weighted by atomic mass is 16.6. The van der Waals surface area contributed by atoms with Crippen LogP contribution in [0.4, 0.5) is 4.79 Å². The van der Waals surface area contributed by atoms with Gasteiger partial charge >= 0.3 is 6.09 Å². The normalized spacial score (nSPS) is 13.6. The fraction of sp³-hybridized carbons (Fsp3) is 0.652. The van der Waals surface area contributed by atoms with Gasteiger partial charge in [0.2, 0.25) is 0 Å². The van der Waals surface area contributed by atoms with E-state index in [9.17, 15) is 9.59 Å². The Morgan fingerprint density at radius 2 is 1.43 bits per heavy atom. The van der Waals surface area contributed by atoms with Crippen LogP contribution in [0.5, 0.6) is 0 Å². The molecule has 0 aromatic heterocycles. The van der Waals surface area contributed by atoms with E-state index in [1.54, 1.807) is 9.80 Å². The van der Waals surface area contributed by atoms with Crippen LogP contribution in [0.25, 0.3) is 0 Å². The minimum atomic E-state index is -0.822. The second-order valence-electron chi connectivity index (χ2n) is 8.57. The van der Waals surface area contributed by atoms with Crippen molar-refractivity contribution in [3.63, 3.8) is 0 Å². The molecular weight excluding hydrogens is 352 g/mol. The summed E-state index contributed by atoms with van der Waals surface area (Å²) in [4.78, 5) is 29.0. The van der Waals surface area contributed by atoms with Gasteiger partial charge in [-0.15, -0.1) is 0 Å². The smallest absolute Gasteiger partial charge is 0.410 e. The van der Waals surface area contributed by atoms with Crippen molar-refractivity contribution in [1.29, 1.82) is 0 Å². The maximum Gasteiger partial charge on any atom is 0.410 e. The molecule has 0 aliphatic heterocycles. The molecule has 0 saturated carbocycles. The van der Waals surface area contributed by atoms with E-state index in [0.717, 1.165) is 5.56 Å². The lowest BCUT2D eigenvalue weighted by Crippen LogP contribution is -2.40. The lowest BCUT2D eigenvalue weighted by Gasteiger charge is -2.37. The number of carbonyl (C=O) groups is 2. The number of hydrogen-bond donors (Lipinski definition) is 0. The summed E-state index contributed by atoms with van der Waals surface area (Å²) in [5.74, 6) is 0.0000260. The summed E-state index contributed by atoms with van der Waals surface area (Å²) in [6.07, 6.45) is 0.327. The third kappa shape index (κ3) is 6.25. The third-order valence-electron chi connectivity index (χ3n) is 4.97. The van der Waals surface area contributed by atoms with Crippen molar-refractivity contribution in [2.75, 3.05) is 26.2 Å². The Bertz CT molecular complexity index is 658. The maximum atomic E-state index is 12.8. The Labute approximate surface area is 171 Å². The van der Waals surface area contributed by atoms with Crippen LogP contribution in [-0.2, 0) is 10.3 Å². The molecule has 158 valence electrons. The van der Waals surface area contributed by atoms with E-state index in [-0.39, 0.29) is 17.4 Å². The van der Waals surface area contributed by atoms with Gasteiger partial charge in [0, 0.05) is 31.7 Å². The molecule has 0 spiro atoms. The molecule has 1 aromatic rings. The molecule has 28 heavy (non-hydrogen) atoms. The lowest BCUT2D eigenvalue weighted by molar-refractivity contribution is -0.0249. The van der Waals surface area contributed by atoms with E-state index < -0.39 is 5.60 Å². The van der Waals surface area contributed by atoms with Crippen LogP contribution >= 0.6 is 0 Å². The van der Waals surface area contributed by atoms with Gasteiger partial charge in [0.25, 0.3) is 5.91 Å². The van der Waals surface area contributed by atoms with Crippen LogP contribution in [0, 0.1) is 5.41 Å². The van der Waals surface area contributed by atoms with Crippen LogP contribution in [0.15, 0.2) is 24.3 Å².